The van der Waals surface area contributed by atoms with Crippen molar-refractivity contribution < 1.29 is 14.3 Å². The van der Waals surface area contributed by atoms with Crippen LogP contribution in [0.2, 0.25) is 0 Å². The summed E-state index contributed by atoms with van der Waals surface area (Å²) in [4.78, 5) is 15.1. The van der Waals surface area contributed by atoms with Gasteiger partial charge >= 0.3 is 0 Å². The van der Waals surface area contributed by atoms with Gasteiger partial charge in [0, 0.05) is 11.8 Å². The molecule has 0 unspecified atom stereocenters. The summed E-state index contributed by atoms with van der Waals surface area (Å²) in [5.41, 5.74) is 11.7. The van der Waals surface area contributed by atoms with E-state index < -0.39 is 5.91 Å². The molecule has 0 radical (unpaired) electrons. The topological polar surface area (TPSA) is 124 Å². The summed E-state index contributed by atoms with van der Waals surface area (Å²) >= 11 is 0. The molecule has 0 saturated heterocycles. The van der Waals surface area contributed by atoms with Crippen LogP contribution in [0.15, 0.2) is 30.5 Å². The number of benzene rings is 1. The van der Waals surface area contributed by atoms with E-state index in [9.17, 15) is 4.79 Å². The van der Waals surface area contributed by atoms with E-state index >= 15 is 0 Å². The first-order chi connectivity index (χ1) is 10.1. The number of primary amides is 1. The Hall–Kier alpha value is -3.27. The van der Waals surface area contributed by atoms with Crippen molar-refractivity contribution in [2.24, 2.45) is 5.73 Å². The highest BCUT2D eigenvalue weighted by molar-refractivity contribution is 5.93. The Kier molecular flexibility index (Phi) is 3.90. The van der Waals surface area contributed by atoms with E-state index in [1.807, 2.05) is 6.07 Å². The zero-order chi connectivity index (χ0) is 15.4. The second-order valence-electron chi connectivity index (χ2n) is 4.02. The van der Waals surface area contributed by atoms with Crippen LogP contribution in [-0.2, 0) is 0 Å². The molecule has 21 heavy (non-hydrogen) atoms. The molecule has 1 amide bonds. The molecule has 106 valence electrons. The van der Waals surface area contributed by atoms with E-state index in [1.165, 1.54) is 37.6 Å². The van der Waals surface area contributed by atoms with E-state index in [4.69, 9.17) is 26.2 Å². The summed E-state index contributed by atoms with van der Waals surface area (Å²) in [6.07, 6.45) is 1.41. The lowest BCUT2D eigenvalue weighted by Gasteiger charge is -2.12. The quantitative estimate of drug-likeness (QED) is 0.875. The number of carbonyl (C=O) groups excluding carboxylic acids is 1. The van der Waals surface area contributed by atoms with Crippen LogP contribution in [0.5, 0.6) is 17.4 Å². The number of pyridine rings is 1. The van der Waals surface area contributed by atoms with Gasteiger partial charge in [0.2, 0.25) is 11.8 Å². The normalized spacial score (nSPS) is 9.71. The number of nitrogens with zero attached hydrogens (tertiary/aromatic N) is 2. The van der Waals surface area contributed by atoms with Gasteiger partial charge in [0.1, 0.15) is 11.8 Å². The number of methoxy groups -OCH3 is 1. The number of ether oxygens (including phenoxy) is 2. The lowest BCUT2D eigenvalue weighted by Crippen LogP contribution is -2.11. The lowest BCUT2D eigenvalue weighted by molar-refractivity contribution is 0.1000. The molecule has 1 heterocycles. The Morgan fingerprint density at radius 3 is 2.71 bits per heavy atom. The van der Waals surface area contributed by atoms with Crippen LogP contribution in [0, 0.1) is 11.3 Å². The molecular formula is C14H12N4O3. The summed E-state index contributed by atoms with van der Waals surface area (Å²) in [6, 6.07) is 7.87. The molecule has 0 saturated carbocycles. The standard InChI is InChI=1S/C14H12N4O3/c1-20-11-6-8(13(17)19)2-3-10(11)21-14-12(16)9(7-15)4-5-18-14/h2-6H,16H2,1H3,(H2,17,19). The fourth-order valence-corrected chi connectivity index (χ4v) is 1.64. The van der Waals surface area contributed by atoms with Crippen LogP contribution in [-0.4, -0.2) is 18.0 Å². The molecule has 7 heteroatoms. The van der Waals surface area contributed by atoms with Crippen molar-refractivity contribution in [3.8, 4) is 23.4 Å². The Balaban J connectivity index is 2.40. The summed E-state index contributed by atoms with van der Waals surface area (Å²) in [6.45, 7) is 0. The predicted octanol–water partition coefficient (Wildman–Crippen LogP) is 1.44. The van der Waals surface area contributed by atoms with Gasteiger partial charge in [-0.1, -0.05) is 0 Å². The molecule has 0 aliphatic heterocycles. The number of nitriles is 1. The van der Waals surface area contributed by atoms with Crippen molar-refractivity contribution >= 4 is 11.6 Å². The van der Waals surface area contributed by atoms with Gasteiger partial charge in [-0.05, 0) is 24.3 Å². The zero-order valence-corrected chi connectivity index (χ0v) is 11.2. The highest BCUT2D eigenvalue weighted by atomic mass is 16.5. The van der Waals surface area contributed by atoms with Crippen LogP contribution in [0.1, 0.15) is 15.9 Å². The molecule has 2 aromatic rings. The number of amides is 1. The number of nitrogens with two attached hydrogens (primary N) is 2. The maximum Gasteiger partial charge on any atom is 0.248 e. The van der Waals surface area contributed by atoms with Crippen molar-refractivity contribution in [1.82, 2.24) is 4.98 Å². The van der Waals surface area contributed by atoms with Gasteiger partial charge in [-0.3, -0.25) is 4.79 Å². The van der Waals surface area contributed by atoms with Crippen molar-refractivity contribution in [2.45, 2.75) is 0 Å². The van der Waals surface area contributed by atoms with Gasteiger partial charge in [-0.15, -0.1) is 0 Å². The van der Waals surface area contributed by atoms with Crippen LogP contribution in [0.3, 0.4) is 0 Å². The first kappa shape index (κ1) is 14.1. The summed E-state index contributed by atoms with van der Waals surface area (Å²) in [7, 11) is 1.43. The minimum Gasteiger partial charge on any atom is -0.493 e. The van der Waals surface area contributed by atoms with Crippen molar-refractivity contribution in [3.05, 3.63) is 41.6 Å². The molecule has 2 rings (SSSR count). The van der Waals surface area contributed by atoms with E-state index in [0.29, 0.717) is 11.5 Å². The Morgan fingerprint density at radius 2 is 2.10 bits per heavy atom. The first-order valence-corrected chi connectivity index (χ1v) is 5.87. The van der Waals surface area contributed by atoms with Gasteiger partial charge < -0.3 is 20.9 Å². The lowest BCUT2D eigenvalue weighted by atomic mass is 10.2. The van der Waals surface area contributed by atoms with Crippen LogP contribution in [0.25, 0.3) is 0 Å². The number of anilines is 1. The van der Waals surface area contributed by atoms with Crippen molar-refractivity contribution in [3.63, 3.8) is 0 Å². The molecule has 1 aromatic heterocycles. The molecule has 0 atom stereocenters. The molecule has 0 aliphatic rings. The first-order valence-electron chi connectivity index (χ1n) is 5.87. The van der Waals surface area contributed by atoms with Crippen LogP contribution >= 0.6 is 0 Å². The van der Waals surface area contributed by atoms with E-state index in [0.717, 1.165) is 0 Å². The average molecular weight is 284 g/mol. The van der Waals surface area contributed by atoms with Crippen LogP contribution < -0.4 is 20.9 Å². The van der Waals surface area contributed by atoms with Gasteiger partial charge in [0.25, 0.3) is 0 Å². The second kappa shape index (κ2) is 5.79. The monoisotopic (exact) mass is 284 g/mol. The minimum atomic E-state index is -0.580. The molecule has 0 fully saturated rings. The summed E-state index contributed by atoms with van der Waals surface area (Å²) < 4.78 is 10.7. The number of hydrogen-bond donors (Lipinski definition) is 2. The fourth-order valence-electron chi connectivity index (χ4n) is 1.64. The molecule has 7 nitrogen and oxygen atoms in total. The van der Waals surface area contributed by atoms with Gasteiger partial charge in [0.15, 0.2) is 11.5 Å². The van der Waals surface area contributed by atoms with Gasteiger partial charge in [-0.25, -0.2) is 4.98 Å². The number of carbonyl (C=O) groups is 1. The summed E-state index contributed by atoms with van der Waals surface area (Å²) in [5.74, 6) is 0.106. The van der Waals surface area contributed by atoms with E-state index in [-0.39, 0.29) is 22.7 Å². The smallest absolute Gasteiger partial charge is 0.248 e. The third-order valence-electron chi connectivity index (χ3n) is 2.73. The van der Waals surface area contributed by atoms with Gasteiger partial charge in [-0.2, -0.15) is 5.26 Å². The third kappa shape index (κ3) is 2.84. The number of rotatable bonds is 4. The van der Waals surface area contributed by atoms with E-state index in [1.54, 1.807) is 0 Å². The third-order valence-corrected chi connectivity index (χ3v) is 2.73. The SMILES string of the molecule is COc1cc(C(N)=O)ccc1Oc1nccc(C#N)c1N. The van der Waals surface area contributed by atoms with E-state index in [2.05, 4.69) is 4.98 Å². The zero-order valence-electron chi connectivity index (χ0n) is 11.2. The molecular weight excluding hydrogens is 272 g/mol. The number of hydrogen-bond acceptors (Lipinski definition) is 6. The number of aromatic nitrogens is 1. The Labute approximate surface area is 120 Å². The molecule has 0 aliphatic carbocycles. The maximum atomic E-state index is 11.1. The molecule has 0 bridgehead atoms. The Bertz CT molecular complexity index is 737. The Morgan fingerprint density at radius 1 is 1.33 bits per heavy atom. The fraction of sp³-hybridized carbons (Fsp3) is 0.0714. The highest BCUT2D eigenvalue weighted by Crippen LogP contribution is 2.34. The molecule has 0 spiro atoms. The maximum absolute atomic E-state index is 11.1. The second-order valence-corrected chi connectivity index (χ2v) is 4.02. The molecule has 1 aromatic carbocycles. The van der Waals surface area contributed by atoms with Crippen molar-refractivity contribution in [2.75, 3.05) is 12.8 Å². The molecule has 4 N–H and O–H groups in total. The highest BCUT2D eigenvalue weighted by Gasteiger charge is 2.13. The largest absolute Gasteiger partial charge is 0.493 e. The summed E-state index contributed by atoms with van der Waals surface area (Å²) in [5, 5.41) is 8.92. The van der Waals surface area contributed by atoms with Crippen molar-refractivity contribution in [1.29, 1.82) is 5.26 Å². The average Bonchev–Trinajstić information content (AvgIpc) is 2.49. The van der Waals surface area contributed by atoms with Crippen LogP contribution in [0.4, 0.5) is 5.69 Å². The number of nitrogen functional groups attached to an aromatic ring is 1. The predicted molar refractivity (Wildman–Crippen MR) is 75.0 cm³/mol. The minimum absolute atomic E-state index is 0.0826. The van der Waals surface area contributed by atoms with Gasteiger partial charge in [0.05, 0.1) is 12.7 Å².